The van der Waals surface area contributed by atoms with Crippen LogP contribution in [-0.2, 0) is 9.53 Å². The maximum atomic E-state index is 13.2. The lowest BCUT2D eigenvalue weighted by atomic mass is 9.77. The number of benzene rings is 1. The topological polar surface area (TPSA) is 81.6 Å². The number of nitrogens with zero attached hydrogens (tertiary/aromatic N) is 3. The molecule has 2 aliphatic rings. The second-order valence-corrected chi connectivity index (χ2v) is 9.21. The average molecular weight is 476 g/mol. The summed E-state index contributed by atoms with van der Waals surface area (Å²) in [4.78, 5) is 34.9. The molecular formula is C23H26ClN3O4S. The van der Waals surface area contributed by atoms with Crippen LogP contribution >= 0.6 is 23.4 Å². The number of aromatic nitrogens is 2. The summed E-state index contributed by atoms with van der Waals surface area (Å²) in [5.41, 5.74) is 2.25. The smallest absolute Gasteiger partial charge is 0.305 e. The molecule has 0 N–H and O–H groups in total. The van der Waals surface area contributed by atoms with E-state index in [2.05, 4.69) is 22.1 Å². The van der Waals surface area contributed by atoms with Gasteiger partial charge in [-0.3, -0.25) is 9.59 Å². The lowest BCUT2D eigenvalue weighted by Crippen LogP contribution is -2.32. The largest absolute Gasteiger partial charge is 0.475 e. The maximum absolute atomic E-state index is 13.2. The van der Waals surface area contributed by atoms with Gasteiger partial charge in [0, 0.05) is 12.1 Å². The normalized spacial score (nSPS) is 20.8. The van der Waals surface area contributed by atoms with E-state index >= 15 is 0 Å². The van der Waals surface area contributed by atoms with Gasteiger partial charge in [0.2, 0.25) is 5.88 Å². The molecule has 2 heterocycles. The fraction of sp³-hybridized carbons (Fsp3) is 0.478. The number of fused-ring (bicyclic) bond motifs is 1. The van der Waals surface area contributed by atoms with E-state index in [9.17, 15) is 9.59 Å². The number of methoxy groups -OCH3 is 1. The highest BCUT2D eigenvalue weighted by molar-refractivity contribution is 7.98. The molecule has 0 radical (unpaired) electrons. The first-order valence-corrected chi connectivity index (χ1v) is 12.3. The minimum Gasteiger partial charge on any atom is -0.475 e. The summed E-state index contributed by atoms with van der Waals surface area (Å²) in [6, 6.07) is 8.14. The Hall–Kier alpha value is -2.32. The van der Waals surface area contributed by atoms with Crippen LogP contribution in [0.5, 0.6) is 5.88 Å². The number of thioether (sulfide) groups is 1. The minimum atomic E-state index is -0.258. The quantitative estimate of drug-likeness (QED) is 0.267. The van der Waals surface area contributed by atoms with Gasteiger partial charge in [-0.2, -0.15) is 4.98 Å². The summed E-state index contributed by atoms with van der Waals surface area (Å²) in [5.74, 6) is 0.732. The van der Waals surface area contributed by atoms with Crippen molar-refractivity contribution in [2.45, 2.75) is 43.2 Å². The van der Waals surface area contributed by atoms with Crippen molar-refractivity contribution in [3.05, 3.63) is 40.5 Å². The number of amides is 1. The van der Waals surface area contributed by atoms with E-state index in [1.54, 1.807) is 4.90 Å². The number of anilines is 1. The van der Waals surface area contributed by atoms with Crippen LogP contribution in [0.15, 0.2) is 29.4 Å². The Balaban J connectivity index is 1.46. The fourth-order valence-corrected chi connectivity index (χ4v) is 5.08. The maximum Gasteiger partial charge on any atom is 0.305 e. The highest BCUT2D eigenvalue weighted by Gasteiger charge is 2.30. The fourth-order valence-electron chi connectivity index (χ4n) is 4.43. The van der Waals surface area contributed by atoms with Crippen molar-refractivity contribution in [1.29, 1.82) is 0 Å². The number of esters is 1. The number of carbonyl (C=O) groups is 2. The Morgan fingerprint density at radius 3 is 2.59 bits per heavy atom. The number of ether oxygens (including phenoxy) is 2. The molecule has 0 unspecified atom stereocenters. The van der Waals surface area contributed by atoms with Crippen molar-refractivity contribution in [2.24, 2.45) is 5.92 Å². The number of carbonyl (C=O) groups excluding carboxylic acids is 2. The van der Waals surface area contributed by atoms with E-state index in [0.717, 1.165) is 31.4 Å². The van der Waals surface area contributed by atoms with Crippen molar-refractivity contribution in [2.75, 3.05) is 31.4 Å². The molecule has 2 aromatic rings. The van der Waals surface area contributed by atoms with Crippen LogP contribution < -0.4 is 9.64 Å². The van der Waals surface area contributed by atoms with Crippen LogP contribution in [0, 0.1) is 5.92 Å². The summed E-state index contributed by atoms with van der Waals surface area (Å²) in [6.07, 6.45) is 6.50. The molecule has 1 aromatic carbocycles. The van der Waals surface area contributed by atoms with E-state index in [1.165, 1.54) is 24.4 Å². The van der Waals surface area contributed by atoms with Gasteiger partial charge in [0.05, 0.1) is 13.7 Å². The first kappa shape index (κ1) is 22.9. The van der Waals surface area contributed by atoms with Gasteiger partial charge in [-0.1, -0.05) is 35.5 Å². The first-order valence-electron chi connectivity index (χ1n) is 10.7. The molecule has 4 rings (SSSR count). The molecule has 0 atom stereocenters. The molecule has 32 heavy (non-hydrogen) atoms. The van der Waals surface area contributed by atoms with Gasteiger partial charge in [-0.15, -0.1) is 0 Å². The van der Waals surface area contributed by atoms with E-state index in [-0.39, 0.29) is 28.5 Å². The number of hydrogen-bond acceptors (Lipinski definition) is 7. The predicted octanol–water partition coefficient (Wildman–Crippen LogP) is 4.73. The van der Waals surface area contributed by atoms with Gasteiger partial charge >= 0.3 is 5.97 Å². The van der Waals surface area contributed by atoms with E-state index in [1.807, 2.05) is 18.4 Å². The summed E-state index contributed by atoms with van der Waals surface area (Å²) in [5, 5.41) is 0.581. The van der Waals surface area contributed by atoms with Crippen molar-refractivity contribution in [3.8, 4) is 5.88 Å². The second-order valence-electron chi connectivity index (χ2n) is 8.08. The highest BCUT2D eigenvalue weighted by Crippen LogP contribution is 2.38. The van der Waals surface area contributed by atoms with E-state index in [0.29, 0.717) is 36.6 Å². The van der Waals surface area contributed by atoms with Gasteiger partial charge in [-0.05, 0) is 61.5 Å². The molecule has 1 amide bonds. The van der Waals surface area contributed by atoms with Crippen LogP contribution in [0.25, 0.3) is 0 Å². The zero-order valence-electron chi connectivity index (χ0n) is 18.2. The van der Waals surface area contributed by atoms with Gasteiger partial charge in [-0.25, -0.2) is 4.98 Å². The van der Waals surface area contributed by atoms with Gasteiger partial charge < -0.3 is 14.4 Å². The summed E-state index contributed by atoms with van der Waals surface area (Å²) in [7, 11) is 1.44. The minimum absolute atomic E-state index is 0.108. The molecule has 1 saturated carbocycles. The lowest BCUT2D eigenvalue weighted by Gasteiger charge is -2.28. The molecule has 1 aliphatic heterocycles. The van der Waals surface area contributed by atoms with Crippen molar-refractivity contribution in [3.63, 3.8) is 0 Å². The van der Waals surface area contributed by atoms with Crippen molar-refractivity contribution < 1.29 is 19.1 Å². The molecule has 7 nitrogen and oxygen atoms in total. The Labute approximate surface area is 196 Å². The van der Waals surface area contributed by atoms with Crippen molar-refractivity contribution in [1.82, 2.24) is 9.97 Å². The number of rotatable bonds is 5. The monoisotopic (exact) mass is 475 g/mol. The van der Waals surface area contributed by atoms with Gasteiger partial charge in [0.15, 0.2) is 5.16 Å². The first-order chi connectivity index (χ1) is 15.5. The molecule has 1 aliphatic carbocycles. The molecule has 0 saturated heterocycles. The summed E-state index contributed by atoms with van der Waals surface area (Å²) in [6.45, 7) is 0.726. The summed E-state index contributed by atoms with van der Waals surface area (Å²) < 4.78 is 10.5. The van der Waals surface area contributed by atoms with Crippen molar-refractivity contribution >= 4 is 40.9 Å². The van der Waals surface area contributed by atoms with Crippen LogP contribution in [0.4, 0.5) is 5.69 Å². The predicted molar refractivity (Wildman–Crippen MR) is 124 cm³/mol. The van der Waals surface area contributed by atoms with Crippen LogP contribution in [-0.4, -0.2) is 48.4 Å². The van der Waals surface area contributed by atoms with E-state index in [4.69, 9.17) is 21.1 Å². The Morgan fingerprint density at radius 1 is 1.22 bits per heavy atom. The Kier molecular flexibility index (Phi) is 7.20. The Bertz CT molecular complexity index is 993. The summed E-state index contributed by atoms with van der Waals surface area (Å²) >= 11 is 7.65. The third-order valence-electron chi connectivity index (χ3n) is 6.21. The molecule has 1 fully saturated rings. The molecule has 170 valence electrons. The third-order valence-corrected chi connectivity index (χ3v) is 7.03. The molecular weight excluding hydrogens is 450 g/mol. The number of hydrogen-bond donors (Lipinski definition) is 0. The van der Waals surface area contributed by atoms with Crippen LogP contribution in [0.3, 0.4) is 0 Å². The average Bonchev–Trinajstić information content (AvgIpc) is 2.98. The van der Waals surface area contributed by atoms with Crippen LogP contribution in [0.1, 0.15) is 53.9 Å². The highest BCUT2D eigenvalue weighted by atomic mass is 35.5. The number of halogens is 1. The van der Waals surface area contributed by atoms with E-state index < -0.39 is 0 Å². The molecule has 0 spiro atoms. The zero-order valence-corrected chi connectivity index (χ0v) is 19.7. The molecule has 1 aromatic heterocycles. The standard InChI is InChI=1S/C23H26ClN3O4S/c1-30-18(28)13-14-3-5-15(6-4-14)16-7-9-17(10-8-16)27-11-12-31-21-19(22(27)29)20(24)25-23(26-21)32-2/h7-10,14-15H,3-6,11-13H2,1-2H3. The lowest BCUT2D eigenvalue weighted by molar-refractivity contribution is -0.142. The third kappa shape index (κ3) is 4.86. The molecule has 0 bridgehead atoms. The Morgan fingerprint density at radius 2 is 1.94 bits per heavy atom. The van der Waals surface area contributed by atoms with Crippen LogP contribution in [0.2, 0.25) is 5.15 Å². The van der Waals surface area contributed by atoms with Gasteiger partial charge in [0.1, 0.15) is 17.3 Å². The zero-order chi connectivity index (χ0) is 22.7. The second kappa shape index (κ2) is 10.1. The molecule has 9 heteroatoms. The van der Waals surface area contributed by atoms with Gasteiger partial charge in [0.25, 0.3) is 5.91 Å². The SMILES string of the molecule is COC(=O)CC1CCC(c2ccc(N3CCOc4nc(SC)nc(Cl)c4C3=O)cc2)CC1.